The largest absolute Gasteiger partial charge is 0.378 e. The maximum atomic E-state index is 12.3. The molecule has 3 amide bonds. The monoisotopic (exact) mass is 436 g/mol. The van der Waals surface area contributed by atoms with Crippen molar-refractivity contribution in [1.29, 1.82) is 0 Å². The van der Waals surface area contributed by atoms with Crippen molar-refractivity contribution in [1.82, 2.24) is 20.2 Å². The van der Waals surface area contributed by atoms with Gasteiger partial charge in [-0.2, -0.15) is 0 Å². The minimum Gasteiger partial charge on any atom is -0.378 e. The number of aromatic nitrogens is 2. The van der Waals surface area contributed by atoms with Crippen molar-refractivity contribution in [3.05, 3.63) is 35.5 Å². The summed E-state index contributed by atoms with van der Waals surface area (Å²) in [5.74, 6) is 1.84. The Labute approximate surface area is 187 Å². The predicted octanol–water partition coefficient (Wildman–Crippen LogP) is 2.34. The van der Waals surface area contributed by atoms with Gasteiger partial charge in [0.1, 0.15) is 5.82 Å². The minimum absolute atomic E-state index is 0.0338. The molecule has 2 aromatic rings. The molecule has 1 aromatic carbocycles. The molecule has 168 valence electrons. The van der Waals surface area contributed by atoms with Crippen molar-refractivity contribution in [3.63, 3.8) is 0 Å². The fourth-order valence-corrected chi connectivity index (χ4v) is 4.74. The number of carbonyl (C=O) groups excluding carboxylic acids is 2. The summed E-state index contributed by atoms with van der Waals surface area (Å²) < 4.78 is 5.55. The van der Waals surface area contributed by atoms with Crippen LogP contribution in [0.5, 0.6) is 0 Å². The van der Waals surface area contributed by atoms with Crippen LogP contribution in [0.2, 0.25) is 0 Å². The second-order valence-electron chi connectivity index (χ2n) is 8.29. The number of amides is 3. The molecular weight excluding hydrogens is 408 g/mol. The molecule has 2 N–H and O–H groups in total. The van der Waals surface area contributed by atoms with Crippen molar-refractivity contribution in [2.45, 2.75) is 32.2 Å². The summed E-state index contributed by atoms with van der Waals surface area (Å²) in [5, 5.41) is 5.53. The highest BCUT2D eigenvalue weighted by Crippen LogP contribution is 2.41. The highest BCUT2D eigenvalue weighted by atomic mass is 16.5. The average molecular weight is 437 g/mol. The standard InChI is InChI=1S/C23H28N6O3/c1-2-24-23(31)25-16-5-3-15(4-6-16)21-26-20-17(9-10-29-18(20)7-8-19(29)30)22(27-21)28-11-13-32-14-12-28/h3-6,18H,2,7-14H2,1H3,(H2,24,25,31)/t18-/m0/s1. The molecule has 2 fully saturated rings. The van der Waals surface area contributed by atoms with Crippen molar-refractivity contribution in [3.8, 4) is 11.4 Å². The molecule has 3 aliphatic heterocycles. The smallest absolute Gasteiger partial charge is 0.319 e. The van der Waals surface area contributed by atoms with Crippen LogP contribution in [0.25, 0.3) is 11.4 Å². The molecule has 1 atom stereocenters. The molecule has 3 aliphatic rings. The van der Waals surface area contributed by atoms with Crippen LogP contribution in [0.4, 0.5) is 16.3 Å². The van der Waals surface area contributed by atoms with Gasteiger partial charge in [0, 0.05) is 49.4 Å². The van der Waals surface area contributed by atoms with E-state index in [1.165, 1.54) is 5.56 Å². The molecule has 0 unspecified atom stereocenters. The topological polar surface area (TPSA) is 99.7 Å². The van der Waals surface area contributed by atoms with E-state index >= 15 is 0 Å². The second kappa shape index (κ2) is 8.74. The van der Waals surface area contributed by atoms with Gasteiger partial charge in [0.15, 0.2) is 5.82 Å². The number of hydrogen-bond donors (Lipinski definition) is 2. The first-order chi connectivity index (χ1) is 15.6. The lowest BCUT2D eigenvalue weighted by Crippen LogP contribution is -2.40. The number of urea groups is 1. The zero-order valence-electron chi connectivity index (χ0n) is 18.3. The maximum Gasteiger partial charge on any atom is 0.319 e. The van der Waals surface area contributed by atoms with Gasteiger partial charge < -0.3 is 25.2 Å². The molecule has 5 rings (SSSR count). The maximum absolute atomic E-state index is 12.3. The Morgan fingerprint density at radius 3 is 2.66 bits per heavy atom. The second-order valence-corrected chi connectivity index (χ2v) is 8.29. The van der Waals surface area contributed by atoms with Gasteiger partial charge in [0.2, 0.25) is 5.91 Å². The Morgan fingerprint density at radius 2 is 1.91 bits per heavy atom. The third kappa shape index (κ3) is 3.88. The summed E-state index contributed by atoms with van der Waals surface area (Å²) in [6, 6.07) is 7.36. The van der Waals surface area contributed by atoms with Crippen LogP contribution in [0.15, 0.2) is 24.3 Å². The number of benzene rings is 1. The third-order valence-corrected chi connectivity index (χ3v) is 6.31. The first kappa shape index (κ1) is 20.7. The van der Waals surface area contributed by atoms with E-state index in [-0.39, 0.29) is 18.0 Å². The van der Waals surface area contributed by atoms with Gasteiger partial charge in [-0.05, 0) is 44.0 Å². The SMILES string of the molecule is CCNC(=O)Nc1ccc(-c2nc3c(c(N4CCOCC4)n2)CCN2C(=O)CC[C@@H]32)cc1. The molecule has 32 heavy (non-hydrogen) atoms. The molecule has 0 radical (unpaired) electrons. The van der Waals surface area contributed by atoms with E-state index in [9.17, 15) is 9.59 Å². The lowest BCUT2D eigenvalue weighted by atomic mass is 9.97. The van der Waals surface area contributed by atoms with Crippen molar-refractivity contribution < 1.29 is 14.3 Å². The van der Waals surface area contributed by atoms with Gasteiger partial charge in [-0.25, -0.2) is 14.8 Å². The molecule has 9 nitrogen and oxygen atoms in total. The Balaban J connectivity index is 1.51. The summed E-state index contributed by atoms with van der Waals surface area (Å²) in [5.41, 5.74) is 3.74. The molecule has 1 aromatic heterocycles. The zero-order chi connectivity index (χ0) is 22.1. The highest BCUT2D eigenvalue weighted by Gasteiger charge is 2.39. The average Bonchev–Trinajstić information content (AvgIpc) is 3.21. The number of anilines is 2. The Morgan fingerprint density at radius 1 is 1.12 bits per heavy atom. The van der Waals surface area contributed by atoms with Crippen LogP contribution in [0.3, 0.4) is 0 Å². The normalized spacial score (nSPS) is 20.0. The number of nitrogens with one attached hydrogen (secondary N) is 2. The van der Waals surface area contributed by atoms with Gasteiger partial charge in [-0.15, -0.1) is 0 Å². The summed E-state index contributed by atoms with van der Waals surface area (Å²) in [7, 11) is 0. The number of ether oxygens (including phenoxy) is 1. The van der Waals surface area contributed by atoms with Gasteiger partial charge in [-0.1, -0.05) is 0 Å². The van der Waals surface area contributed by atoms with Crippen LogP contribution in [0, 0.1) is 0 Å². The molecule has 0 bridgehead atoms. The molecular formula is C23H28N6O3. The first-order valence-electron chi connectivity index (χ1n) is 11.3. The quantitative estimate of drug-likeness (QED) is 0.763. The fourth-order valence-electron chi connectivity index (χ4n) is 4.74. The lowest BCUT2D eigenvalue weighted by molar-refractivity contribution is -0.129. The van der Waals surface area contributed by atoms with E-state index < -0.39 is 0 Å². The van der Waals surface area contributed by atoms with Crippen LogP contribution in [0.1, 0.15) is 37.1 Å². The van der Waals surface area contributed by atoms with E-state index in [1.54, 1.807) is 0 Å². The van der Waals surface area contributed by atoms with Crippen LogP contribution in [-0.4, -0.2) is 66.2 Å². The van der Waals surface area contributed by atoms with Gasteiger partial charge >= 0.3 is 6.03 Å². The number of rotatable bonds is 4. The van der Waals surface area contributed by atoms with E-state index in [4.69, 9.17) is 14.7 Å². The minimum atomic E-state index is -0.231. The molecule has 9 heteroatoms. The van der Waals surface area contributed by atoms with Crippen molar-refractivity contribution >= 4 is 23.4 Å². The summed E-state index contributed by atoms with van der Waals surface area (Å²) in [6.07, 6.45) is 2.16. The van der Waals surface area contributed by atoms with Crippen LogP contribution in [-0.2, 0) is 16.0 Å². The Hall–Kier alpha value is -3.20. The van der Waals surface area contributed by atoms with E-state index in [2.05, 4.69) is 15.5 Å². The highest BCUT2D eigenvalue weighted by molar-refractivity contribution is 5.89. The molecule has 4 heterocycles. The van der Waals surface area contributed by atoms with Gasteiger partial charge in [0.05, 0.1) is 24.9 Å². The van der Waals surface area contributed by atoms with Gasteiger partial charge in [0.25, 0.3) is 0 Å². The zero-order valence-corrected chi connectivity index (χ0v) is 18.3. The van der Waals surface area contributed by atoms with Crippen molar-refractivity contribution in [2.24, 2.45) is 0 Å². The van der Waals surface area contributed by atoms with Crippen LogP contribution < -0.4 is 15.5 Å². The summed E-state index contributed by atoms with van der Waals surface area (Å²) in [4.78, 5) is 38.4. The third-order valence-electron chi connectivity index (χ3n) is 6.31. The molecule has 0 saturated carbocycles. The van der Waals surface area contributed by atoms with Gasteiger partial charge in [-0.3, -0.25) is 4.79 Å². The van der Waals surface area contributed by atoms with E-state index in [1.807, 2.05) is 36.1 Å². The predicted molar refractivity (Wildman–Crippen MR) is 121 cm³/mol. The van der Waals surface area contributed by atoms with E-state index in [0.717, 1.165) is 49.6 Å². The molecule has 2 saturated heterocycles. The van der Waals surface area contributed by atoms with E-state index in [0.29, 0.717) is 37.7 Å². The van der Waals surface area contributed by atoms with Crippen LogP contribution >= 0.6 is 0 Å². The number of nitrogens with zero attached hydrogens (tertiary/aromatic N) is 4. The Bertz CT molecular complexity index is 1020. The summed E-state index contributed by atoms with van der Waals surface area (Å²) in [6.45, 7) is 6.14. The first-order valence-corrected chi connectivity index (χ1v) is 11.3. The number of fused-ring (bicyclic) bond motifs is 3. The fraction of sp³-hybridized carbons (Fsp3) is 0.478. The lowest BCUT2D eigenvalue weighted by Gasteiger charge is -2.36. The summed E-state index contributed by atoms with van der Waals surface area (Å²) >= 11 is 0. The van der Waals surface area contributed by atoms with Crippen molar-refractivity contribution in [2.75, 3.05) is 49.6 Å². The Kier molecular flexibility index (Phi) is 5.65. The number of carbonyl (C=O) groups is 2. The molecule has 0 aliphatic carbocycles. The number of hydrogen-bond acceptors (Lipinski definition) is 6. The number of morpholine rings is 1. The molecule has 0 spiro atoms.